The van der Waals surface area contributed by atoms with Gasteiger partial charge in [0.25, 0.3) is 5.91 Å². The smallest absolute Gasteiger partial charge is 0.251 e. The highest BCUT2D eigenvalue weighted by molar-refractivity contribution is 9.09. The van der Waals surface area contributed by atoms with Crippen molar-refractivity contribution in [1.29, 1.82) is 0 Å². The molecule has 102 valence electrons. The number of aryl methyl sites for hydroxylation is 1. The predicted octanol–water partition coefficient (Wildman–Crippen LogP) is 3.79. The van der Waals surface area contributed by atoms with Crippen LogP contribution in [0, 0.1) is 6.92 Å². The molecule has 2 aromatic rings. The number of fused-ring (bicyclic) bond motifs is 1. The molecule has 3 rings (SSSR count). The van der Waals surface area contributed by atoms with Gasteiger partial charge in [-0.3, -0.25) is 4.79 Å². The third-order valence-corrected chi connectivity index (χ3v) is 4.62. The summed E-state index contributed by atoms with van der Waals surface area (Å²) in [5.41, 5.74) is 4.39. The number of hydrogen-bond acceptors (Lipinski definition) is 1. The number of amides is 1. The Labute approximate surface area is 127 Å². The van der Waals surface area contributed by atoms with Crippen LogP contribution in [0.5, 0.6) is 0 Å². The minimum Gasteiger partial charge on any atom is -0.344 e. The summed E-state index contributed by atoms with van der Waals surface area (Å²) in [6.07, 6.45) is 0.953. The van der Waals surface area contributed by atoms with Crippen molar-refractivity contribution < 1.29 is 4.79 Å². The molecule has 0 heterocycles. The molecule has 2 nitrogen and oxygen atoms in total. The fourth-order valence-corrected chi connectivity index (χ4v) is 3.41. The Balaban J connectivity index is 1.81. The van der Waals surface area contributed by atoms with Gasteiger partial charge in [-0.25, -0.2) is 0 Å². The van der Waals surface area contributed by atoms with E-state index in [1.807, 2.05) is 43.3 Å². The van der Waals surface area contributed by atoms with E-state index < -0.39 is 0 Å². The van der Waals surface area contributed by atoms with Gasteiger partial charge in [-0.1, -0.05) is 57.9 Å². The molecule has 3 heteroatoms. The summed E-state index contributed by atoms with van der Waals surface area (Å²) in [5.74, 6) is -0.0175. The fourth-order valence-electron chi connectivity index (χ4n) is 2.64. The summed E-state index contributed by atoms with van der Waals surface area (Å²) in [6.45, 7) is 2.02. The summed E-state index contributed by atoms with van der Waals surface area (Å²) < 4.78 is 0. The van der Waals surface area contributed by atoms with Crippen LogP contribution in [0.1, 0.15) is 33.1 Å². The van der Waals surface area contributed by atoms with Crippen LogP contribution in [-0.4, -0.2) is 10.7 Å². The summed E-state index contributed by atoms with van der Waals surface area (Å²) in [6, 6.07) is 16.0. The van der Waals surface area contributed by atoms with Crippen molar-refractivity contribution in [3.63, 3.8) is 0 Å². The van der Waals surface area contributed by atoms with Crippen molar-refractivity contribution in [1.82, 2.24) is 5.32 Å². The van der Waals surface area contributed by atoms with Crippen molar-refractivity contribution in [2.45, 2.75) is 24.2 Å². The second kappa shape index (κ2) is 5.41. The number of hydrogen-bond donors (Lipinski definition) is 1. The number of nitrogens with one attached hydrogen (secondary N) is 1. The van der Waals surface area contributed by atoms with Crippen LogP contribution < -0.4 is 5.32 Å². The maximum Gasteiger partial charge on any atom is 0.251 e. The van der Waals surface area contributed by atoms with Gasteiger partial charge in [0, 0.05) is 10.4 Å². The van der Waals surface area contributed by atoms with Crippen LogP contribution in [0.25, 0.3) is 0 Å². The number of benzene rings is 2. The molecular formula is C17H16BrNO. The SMILES string of the molecule is Cc1ccc(C(=O)NC2c3ccccc3CC2Br)cc1. The summed E-state index contributed by atoms with van der Waals surface area (Å²) in [5, 5.41) is 3.13. The molecule has 0 saturated heterocycles. The molecule has 1 N–H and O–H groups in total. The Morgan fingerprint density at radius 1 is 1.15 bits per heavy atom. The third-order valence-electron chi connectivity index (χ3n) is 3.77. The van der Waals surface area contributed by atoms with E-state index in [2.05, 4.69) is 33.4 Å². The van der Waals surface area contributed by atoms with E-state index in [9.17, 15) is 4.79 Å². The molecule has 2 unspecified atom stereocenters. The van der Waals surface area contributed by atoms with Crippen molar-refractivity contribution in [2.24, 2.45) is 0 Å². The number of carbonyl (C=O) groups is 1. The molecule has 0 aliphatic heterocycles. The monoisotopic (exact) mass is 329 g/mol. The minimum absolute atomic E-state index is 0.0175. The molecule has 20 heavy (non-hydrogen) atoms. The van der Waals surface area contributed by atoms with Gasteiger partial charge < -0.3 is 5.32 Å². The molecule has 2 aromatic carbocycles. The molecule has 1 aliphatic carbocycles. The van der Waals surface area contributed by atoms with Crippen LogP contribution in [0.15, 0.2) is 48.5 Å². The average Bonchev–Trinajstić information content (AvgIpc) is 2.76. The second-order valence-electron chi connectivity index (χ2n) is 5.24. The number of carbonyl (C=O) groups excluding carboxylic acids is 1. The van der Waals surface area contributed by atoms with Crippen LogP contribution in [-0.2, 0) is 6.42 Å². The molecule has 2 atom stereocenters. The van der Waals surface area contributed by atoms with Gasteiger partial charge in [-0.2, -0.15) is 0 Å². The van der Waals surface area contributed by atoms with Crippen LogP contribution in [0.2, 0.25) is 0 Å². The standard InChI is InChI=1S/C17H16BrNO/c1-11-6-8-12(9-7-11)17(20)19-16-14-5-3-2-4-13(14)10-15(16)18/h2-9,15-16H,10H2,1H3,(H,19,20). The van der Waals surface area contributed by atoms with Crippen molar-refractivity contribution >= 4 is 21.8 Å². The van der Waals surface area contributed by atoms with Crippen molar-refractivity contribution in [3.05, 3.63) is 70.8 Å². The first-order valence-electron chi connectivity index (χ1n) is 6.74. The molecular weight excluding hydrogens is 314 g/mol. The van der Waals surface area contributed by atoms with Crippen LogP contribution >= 0.6 is 15.9 Å². The van der Waals surface area contributed by atoms with Gasteiger partial charge in [0.2, 0.25) is 0 Å². The predicted molar refractivity (Wildman–Crippen MR) is 84.2 cm³/mol. The summed E-state index contributed by atoms with van der Waals surface area (Å²) in [7, 11) is 0. The highest BCUT2D eigenvalue weighted by Crippen LogP contribution is 2.35. The van der Waals surface area contributed by atoms with Crippen LogP contribution in [0.3, 0.4) is 0 Å². The highest BCUT2D eigenvalue weighted by atomic mass is 79.9. The Hall–Kier alpha value is -1.61. The number of alkyl halides is 1. The topological polar surface area (TPSA) is 29.1 Å². The van der Waals surface area contributed by atoms with E-state index in [0.29, 0.717) is 5.56 Å². The van der Waals surface area contributed by atoms with E-state index in [1.54, 1.807) is 0 Å². The Kier molecular flexibility index (Phi) is 3.62. The summed E-state index contributed by atoms with van der Waals surface area (Å²) in [4.78, 5) is 12.6. The van der Waals surface area contributed by atoms with Gasteiger partial charge in [0.05, 0.1) is 6.04 Å². The first-order valence-corrected chi connectivity index (χ1v) is 7.66. The van der Waals surface area contributed by atoms with Gasteiger partial charge in [-0.15, -0.1) is 0 Å². The van der Waals surface area contributed by atoms with E-state index >= 15 is 0 Å². The molecule has 0 fully saturated rings. The first-order chi connectivity index (χ1) is 9.65. The summed E-state index contributed by atoms with van der Waals surface area (Å²) >= 11 is 3.68. The zero-order valence-corrected chi connectivity index (χ0v) is 12.9. The van der Waals surface area contributed by atoms with E-state index in [4.69, 9.17) is 0 Å². The molecule has 1 aliphatic rings. The minimum atomic E-state index is -0.0175. The lowest BCUT2D eigenvalue weighted by Crippen LogP contribution is -2.31. The number of rotatable bonds is 2. The zero-order chi connectivity index (χ0) is 14.1. The maximum atomic E-state index is 12.3. The average molecular weight is 330 g/mol. The van der Waals surface area contributed by atoms with E-state index in [0.717, 1.165) is 12.0 Å². The lowest BCUT2D eigenvalue weighted by Gasteiger charge is -2.17. The molecule has 0 radical (unpaired) electrons. The number of halogens is 1. The molecule has 0 saturated carbocycles. The van der Waals surface area contributed by atoms with E-state index in [-0.39, 0.29) is 16.8 Å². The molecule has 1 amide bonds. The normalized spacial score (nSPS) is 20.5. The van der Waals surface area contributed by atoms with Gasteiger partial charge in [-0.05, 0) is 36.6 Å². The van der Waals surface area contributed by atoms with Gasteiger partial charge in [0.1, 0.15) is 0 Å². The lowest BCUT2D eigenvalue weighted by molar-refractivity contribution is 0.0938. The second-order valence-corrected chi connectivity index (χ2v) is 6.41. The molecule has 0 aromatic heterocycles. The fraction of sp³-hybridized carbons (Fsp3) is 0.235. The Morgan fingerprint density at radius 2 is 1.85 bits per heavy atom. The zero-order valence-electron chi connectivity index (χ0n) is 11.3. The van der Waals surface area contributed by atoms with Crippen molar-refractivity contribution in [3.8, 4) is 0 Å². The molecule has 0 spiro atoms. The van der Waals surface area contributed by atoms with E-state index in [1.165, 1.54) is 11.1 Å². The Morgan fingerprint density at radius 3 is 2.60 bits per heavy atom. The third kappa shape index (κ3) is 2.50. The first kappa shape index (κ1) is 13.4. The lowest BCUT2D eigenvalue weighted by atomic mass is 10.1. The Bertz CT molecular complexity index is 636. The largest absolute Gasteiger partial charge is 0.344 e. The quantitative estimate of drug-likeness (QED) is 0.834. The maximum absolute atomic E-state index is 12.3. The van der Waals surface area contributed by atoms with Gasteiger partial charge in [0.15, 0.2) is 0 Å². The highest BCUT2D eigenvalue weighted by Gasteiger charge is 2.31. The molecule has 0 bridgehead atoms. The van der Waals surface area contributed by atoms with Gasteiger partial charge >= 0.3 is 0 Å². The van der Waals surface area contributed by atoms with Crippen LogP contribution in [0.4, 0.5) is 0 Å². The van der Waals surface area contributed by atoms with Crippen molar-refractivity contribution in [2.75, 3.05) is 0 Å².